The molecule has 174 valence electrons. The standard InChI is InChI=1S/C30H28N4O/c1-30(15-18-34(30)20-22-9-4-2-5-10-22)21-35-26-19-31-17-14-24(26)28-27(23-11-6-3-7-12-23)29-25(33-28)13-8-16-32-29/h2-14,16-17,19,33H,15,18,20-21H2,1H3/t30-/m1/s1. The van der Waals surface area contributed by atoms with Gasteiger partial charge in [0.05, 0.1) is 28.5 Å². The number of nitrogens with one attached hydrogen (secondary N) is 1. The lowest BCUT2D eigenvalue weighted by molar-refractivity contribution is -0.0391. The van der Waals surface area contributed by atoms with Gasteiger partial charge in [-0.25, -0.2) is 0 Å². The van der Waals surface area contributed by atoms with Gasteiger partial charge in [-0.3, -0.25) is 14.9 Å². The molecule has 35 heavy (non-hydrogen) atoms. The van der Waals surface area contributed by atoms with Gasteiger partial charge in [-0.1, -0.05) is 60.7 Å². The number of rotatable bonds is 7. The number of fused-ring (bicyclic) bond motifs is 1. The Bertz CT molecular complexity index is 1450. The fourth-order valence-electron chi connectivity index (χ4n) is 4.93. The van der Waals surface area contributed by atoms with Crippen LogP contribution in [0, 0.1) is 0 Å². The molecule has 4 heterocycles. The zero-order chi connectivity index (χ0) is 23.7. The normalized spacial score (nSPS) is 17.9. The van der Waals surface area contributed by atoms with E-state index in [1.54, 1.807) is 0 Å². The van der Waals surface area contributed by atoms with E-state index in [2.05, 4.69) is 82.5 Å². The first-order valence-electron chi connectivity index (χ1n) is 12.1. The SMILES string of the molecule is C[C@]1(COc2cnccc2-c2[nH]c3cccnc3c2-c2ccccc2)CCN1Cc1ccccc1. The van der Waals surface area contributed by atoms with Crippen molar-refractivity contribution < 1.29 is 4.74 Å². The molecule has 0 spiro atoms. The van der Waals surface area contributed by atoms with Gasteiger partial charge in [-0.15, -0.1) is 0 Å². The summed E-state index contributed by atoms with van der Waals surface area (Å²) in [6.45, 7) is 4.92. The van der Waals surface area contributed by atoms with E-state index in [1.165, 1.54) is 5.56 Å². The number of hydrogen-bond acceptors (Lipinski definition) is 4. The maximum absolute atomic E-state index is 6.51. The maximum atomic E-state index is 6.51. The number of hydrogen-bond donors (Lipinski definition) is 1. The molecule has 1 fully saturated rings. The minimum Gasteiger partial charge on any atom is -0.489 e. The number of pyridine rings is 2. The van der Waals surface area contributed by atoms with E-state index >= 15 is 0 Å². The summed E-state index contributed by atoms with van der Waals surface area (Å²) < 4.78 is 6.51. The molecule has 1 aliphatic heterocycles. The third-order valence-electron chi connectivity index (χ3n) is 7.11. The molecule has 5 nitrogen and oxygen atoms in total. The van der Waals surface area contributed by atoms with Crippen LogP contribution in [0.1, 0.15) is 18.9 Å². The highest BCUT2D eigenvalue weighted by Gasteiger charge is 2.41. The summed E-state index contributed by atoms with van der Waals surface area (Å²) in [6, 6.07) is 27.1. The molecular weight excluding hydrogens is 432 g/mol. The average Bonchev–Trinajstić information content (AvgIpc) is 3.30. The van der Waals surface area contributed by atoms with Crippen LogP contribution in [0.2, 0.25) is 0 Å². The molecule has 6 rings (SSSR count). The Morgan fingerprint density at radius 3 is 2.51 bits per heavy atom. The van der Waals surface area contributed by atoms with Crippen LogP contribution in [0.3, 0.4) is 0 Å². The molecule has 1 atom stereocenters. The number of likely N-dealkylation sites (tertiary alicyclic amines) is 1. The molecule has 0 unspecified atom stereocenters. The second-order valence-corrected chi connectivity index (χ2v) is 9.46. The molecule has 0 aliphatic carbocycles. The zero-order valence-electron chi connectivity index (χ0n) is 19.8. The fraction of sp³-hybridized carbons (Fsp3) is 0.200. The van der Waals surface area contributed by atoms with Crippen molar-refractivity contribution in [2.45, 2.75) is 25.4 Å². The molecular formula is C30H28N4O. The molecule has 0 bridgehead atoms. The molecule has 3 aromatic heterocycles. The van der Waals surface area contributed by atoms with Gasteiger partial charge in [0.15, 0.2) is 0 Å². The smallest absolute Gasteiger partial charge is 0.147 e. The Hall–Kier alpha value is -3.96. The minimum absolute atomic E-state index is 0.00673. The van der Waals surface area contributed by atoms with Crippen LogP contribution in [0.15, 0.2) is 97.5 Å². The summed E-state index contributed by atoms with van der Waals surface area (Å²) in [5.41, 5.74) is 7.48. The lowest BCUT2D eigenvalue weighted by Gasteiger charge is -2.50. The molecule has 5 aromatic rings. The first kappa shape index (κ1) is 21.6. The van der Waals surface area contributed by atoms with Crippen molar-refractivity contribution in [2.75, 3.05) is 13.2 Å². The van der Waals surface area contributed by atoms with Crippen molar-refractivity contribution in [3.8, 4) is 28.1 Å². The summed E-state index contributed by atoms with van der Waals surface area (Å²) in [4.78, 5) is 15.2. The molecule has 5 heteroatoms. The van der Waals surface area contributed by atoms with Gasteiger partial charge in [0.25, 0.3) is 0 Å². The van der Waals surface area contributed by atoms with Crippen molar-refractivity contribution in [3.63, 3.8) is 0 Å². The highest BCUT2D eigenvalue weighted by molar-refractivity contribution is 6.02. The summed E-state index contributed by atoms with van der Waals surface area (Å²) in [6.07, 6.45) is 6.60. The highest BCUT2D eigenvalue weighted by Crippen LogP contribution is 2.41. The van der Waals surface area contributed by atoms with Crippen molar-refractivity contribution in [1.82, 2.24) is 19.9 Å². The topological polar surface area (TPSA) is 54.0 Å². The number of ether oxygens (including phenoxy) is 1. The van der Waals surface area contributed by atoms with Crippen molar-refractivity contribution in [2.24, 2.45) is 0 Å². The van der Waals surface area contributed by atoms with Gasteiger partial charge in [0.1, 0.15) is 12.4 Å². The molecule has 2 aromatic carbocycles. The van der Waals surface area contributed by atoms with Gasteiger partial charge in [0, 0.05) is 36.6 Å². The second-order valence-electron chi connectivity index (χ2n) is 9.46. The number of H-pyrrole nitrogens is 1. The van der Waals surface area contributed by atoms with Crippen molar-refractivity contribution >= 4 is 11.0 Å². The molecule has 0 radical (unpaired) electrons. The van der Waals surface area contributed by atoms with Gasteiger partial charge in [-0.05, 0) is 42.7 Å². The number of aromatic nitrogens is 3. The van der Waals surface area contributed by atoms with Gasteiger partial charge >= 0.3 is 0 Å². The van der Waals surface area contributed by atoms with Gasteiger partial charge < -0.3 is 9.72 Å². The largest absolute Gasteiger partial charge is 0.489 e. The predicted octanol–water partition coefficient (Wildman–Crippen LogP) is 6.34. The molecule has 0 amide bonds. The van der Waals surface area contributed by atoms with Crippen molar-refractivity contribution in [1.29, 1.82) is 0 Å². The third kappa shape index (κ3) is 4.08. The molecule has 0 saturated carbocycles. The Kier molecular flexibility index (Phi) is 5.55. The van der Waals surface area contributed by atoms with Gasteiger partial charge in [-0.2, -0.15) is 0 Å². The van der Waals surface area contributed by atoms with E-state index in [0.29, 0.717) is 6.61 Å². The summed E-state index contributed by atoms with van der Waals surface area (Å²) in [5.74, 6) is 0.782. The molecule has 1 N–H and O–H groups in total. The van der Waals surface area contributed by atoms with Gasteiger partial charge in [0.2, 0.25) is 0 Å². The van der Waals surface area contributed by atoms with Crippen LogP contribution in [-0.4, -0.2) is 38.5 Å². The van der Waals surface area contributed by atoms with Crippen LogP contribution in [-0.2, 0) is 6.54 Å². The van der Waals surface area contributed by atoms with E-state index in [4.69, 9.17) is 9.72 Å². The van der Waals surface area contributed by atoms with Crippen LogP contribution in [0.4, 0.5) is 0 Å². The first-order chi connectivity index (χ1) is 17.2. The maximum Gasteiger partial charge on any atom is 0.147 e. The minimum atomic E-state index is -0.00673. The van der Waals surface area contributed by atoms with E-state index in [0.717, 1.165) is 58.7 Å². The number of nitrogens with zero attached hydrogens (tertiary/aromatic N) is 3. The van der Waals surface area contributed by atoms with E-state index < -0.39 is 0 Å². The second kappa shape index (κ2) is 9.01. The number of benzene rings is 2. The van der Waals surface area contributed by atoms with E-state index in [1.807, 2.05) is 36.8 Å². The lowest BCUT2D eigenvalue weighted by atomic mass is 9.87. The molecule has 1 aliphatic rings. The monoisotopic (exact) mass is 460 g/mol. The van der Waals surface area contributed by atoms with Crippen LogP contribution >= 0.6 is 0 Å². The highest BCUT2D eigenvalue weighted by atomic mass is 16.5. The zero-order valence-corrected chi connectivity index (χ0v) is 19.8. The van der Waals surface area contributed by atoms with Crippen LogP contribution in [0.5, 0.6) is 5.75 Å². The Morgan fingerprint density at radius 2 is 1.74 bits per heavy atom. The Morgan fingerprint density at radius 1 is 0.943 bits per heavy atom. The van der Waals surface area contributed by atoms with E-state index in [-0.39, 0.29) is 5.54 Å². The Labute approximate surface area is 205 Å². The first-order valence-corrected chi connectivity index (χ1v) is 12.1. The molecule has 1 saturated heterocycles. The fourth-order valence-corrected chi connectivity index (χ4v) is 4.93. The number of aromatic amines is 1. The van der Waals surface area contributed by atoms with Crippen LogP contribution in [0.25, 0.3) is 33.4 Å². The summed E-state index contributed by atoms with van der Waals surface area (Å²) in [7, 11) is 0. The third-order valence-corrected chi connectivity index (χ3v) is 7.11. The van der Waals surface area contributed by atoms with E-state index in [9.17, 15) is 0 Å². The van der Waals surface area contributed by atoms with Crippen LogP contribution < -0.4 is 4.74 Å². The quantitative estimate of drug-likeness (QED) is 0.308. The van der Waals surface area contributed by atoms with Crippen molar-refractivity contribution in [3.05, 3.63) is 103 Å². The summed E-state index contributed by atoms with van der Waals surface area (Å²) >= 11 is 0. The summed E-state index contributed by atoms with van der Waals surface area (Å²) in [5, 5.41) is 0. The lowest BCUT2D eigenvalue weighted by Crippen LogP contribution is -2.60. The predicted molar refractivity (Wildman–Crippen MR) is 140 cm³/mol. The average molecular weight is 461 g/mol. The Balaban J connectivity index is 1.32.